The molecule has 10 nitrogen and oxygen atoms in total. The molecule has 36 heavy (non-hydrogen) atoms. The van der Waals surface area contributed by atoms with Crippen molar-refractivity contribution in [3.63, 3.8) is 0 Å². The molecule has 3 rings (SSSR count). The van der Waals surface area contributed by atoms with E-state index in [0.29, 0.717) is 38.6 Å². The summed E-state index contributed by atoms with van der Waals surface area (Å²) in [6.45, 7) is 5.62. The lowest BCUT2D eigenvalue weighted by atomic mass is 9.95. The second-order valence-corrected chi connectivity index (χ2v) is 9.78. The molecule has 1 saturated heterocycles. The van der Waals surface area contributed by atoms with Crippen LogP contribution in [0.3, 0.4) is 0 Å². The van der Waals surface area contributed by atoms with Crippen LogP contribution in [0.15, 0.2) is 24.3 Å². The second-order valence-electron chi connectivity index (χ2n) is 9.78. The molecule has 3 atom stereocenters. The van der Waals surface area contributed by atoms with E-state index in [2.05, 4.69) is 10.6 Å². The van der Waals surface area contributed by atoms with Gasteiger partial charge in [-0.05, 0) is 63.0 Å². The van der Waals surface area contributed by atoms with Crippen LogP contribution in [0.25, 0.3) is 0 Å². The Balaban J connectivity index is 1.79. The Morgan fingerprint density at radius 2 is 1.72 bits per heavy atom. The number of hydrogen-bond acceptors (Lipinski definition) is 6. The fraction of sp³-hybridized carbons (Fsp3) is 0.577. The number of ether oxygens (including phenoxy) is 1. The van der Waals surface area contributed by atoms with Gasteiger partial charge in [-0.3, -0.25) is 19.2 Å². The van der Waals surface area contributed by atoms with E-state index >= 15 is 0 Å². The van der Waals surface area contributed by atoms with Gasteiger partial charge < -0.3 is 26.0 Å². The number of carbonyl (C=O) groups excluding carboxylic acids is 5. The van der Waals surface area contributed by atoms with Crippen LogP contribution < -0.4 is 16.4 Å². The lowest BCUT2D eigenvalue weighted by Crippen LogP contribution is -2.57. The number of alkyl carbamates (subject to hydrolysis) is 1. The van der Waals surface area contributed by atoms with Gasteiger partial charge in [0.05, 0.1) is 12.1 Å². The zero-order valence-electron chi connectivity index (χ0n) is 21.1. The summed E-state index contributed by atoms with van der Waals surface area (Å²) in [5, 5.41) is 5.38. The average Bonchev–Trinajstić information content (AvgIpc) is 3.48. The number of ketones is 1. The minimum atomic E-state index is -1.11. The molecular weight excluding hydrogens is 464 g/mol. The van der Waals surface area contributed by atoms with E-state index < -0.39 is 41.8 Å². The number of fused-ring (bicyclic) bond motifs is 1. The normalized spacial score (nSPS) is 18.9. The number of hydrogen-bond donors (Lipinski definition) is 3. The van der Waals surface area contributed by atoms with Crippen LogP contribution in [-0.2, 0) is 36.8 Å². The van der Waals surface area contributed by atoms with Gasteiger partial charge in [0.15, 0.2) is 0 Å². The van der Waals surface area contributed by atoms with Crippen molar-refractivity contribution in [1.29, 1.82) is 0 Å². The first-order chi connectivity index (χ1) is 17.1. The topological polar surface area (TPSA) is 148 Å². The lowest BCUT2D eigenvalue weighted by Gasteiger charge is -2.32. The van der Waals surface area contributed by atoms with Crippen LogP contribution in [-0.4, -0.2) is 65.3 Å². The predicted octanol–water partition coefficient (Wildman–Crippen LogP) is 1.23. The Labute approximate surface area is 211 Å². The maximum Gasteiger partial charge on any atom is 0.408 e. The van der Waals surface area contributed by atoms with Crippen molar-refractivity contribution in [2.24, 2.45) is 11.7 Å². The minimum Gasteiger partial charge on any atom is -0.447 e. The van der Waals surface area contributed by atoms with Gasteiger partial charge in [-0.25, -0.2) is 4.79 Å². The fourth-order valence-electron chi connectivity index (χ4n) is 5.06. The molecule has 0 saturated carbocycles. The molecule has 10 heteroatoms. The van der Waals surface area contributed by atoms with Crippen molar-refractivity contribution in [1.82, 2.24) is 15.5 Å². The standard InChI is InChI=1S/C26H36N4O6/c1-4-8-19(22(31)23(27)32)28-24(33)20-11-7-12-30(20)25(34)21(29-26(35)36-15(2)3)18-13-16-9-5-6-10-17(16)14-18/h5-6,9-10,15,18-21H,4,7-8,11-14H2,1-3H3,(H2,27,32)(H,28,33)(H,29,35). The first-order valence-corrected chi connectivity index (χ1v) is 12.6. The van der Waals surface area contributed by atoms with Crippen LogP contribution in [0, 0.1) is 5.92 Å². The fourth-order valence-corrected chi connectivity index (χ4v) is 5.06. The van der Waals surface area contributed by atoms with E-state index in [1.165, 1.54) is 4.90 Å². The van der Waals surface area contributed by atoms with E-state index in [9.17, 15) is 24.0 Å². The molecule has 196 valence electrons. The molecule has 2 aliphatic rings. The maximum absolute atomic E-state index is 13.8. The van der Waals surface area contributed by atoms with Crippen LogP contribution in [0.1, 0.15) is 57.6 Å². The Bertz CT molecular complexity index is 985. The first kappa shape index (κ1) is 27.2. The van der Waals surface area contributed by atoms with Gasteiger partial charge in [0, 0.05) is 6.54 Å². The highest BCUT2D eigenvalue weighted by Gasteiger charge is 2.43. The molecule has 1 aliphatic heterocycles. The zero-order valence-corrected chi connectivity index (χ0v) is 21.1. The quantitative estimate of drug-likeness (QED) is 0.412. The molecule has 3 unspecified atom stereocenters. The van der Waals surface area contributed by atoms with E-state index in [1.807, 2.05) is 31.2 Å². The molecular formula is C26H36N4O6. The Kier molecular flexibility index (Phi) is 9.06. The van der Waals surface area contributed by atoms with Gasteiger partial charge in [-0.1, -0.05) is 37.6 Å². The summed E-state index contributed by atoms with van der Waals surface area (Å²) in [6.07, 6.45) is 2.02. The highest BCUT2D eigenvalue weighted by atomic mass is 16.6. The first-order valence-electron chi connectivity index (χ1n) is 12.6. The number of likely N-dealkylation sites (tertiary alicyclic amines) is 1. The number of benzene rings is 1. The predicted molar refractivity (Wildman–Crippen MR) is 132 cm³/mol. The Morgan fingerprint density at radius 1 is 1.08 bits per heavy atom. The molecule has 0 spiro atoms. The molecule has 4 amide bonds. The number of nitrogens with two attached hydrogens (primary N) is 1. The van der Waals surface area contributed by atoms with E-state index in [1.54, 1.807) is 13.8 Å². The van der Waals surface area contributed by atoms with Gasteiger partial charge in [-0.2, -0.15) is 0 Å². The van der Waals surface area contributed by atoms with Gasteiger partial charge >= 0.3 is 6.09 Å². The van der Waals surface area contributed by atoms with E-state index in [-0.39, 0.29) is 24.3 Å². The van der Waals surface area contributed by atoms with Gasteiger partial charge in [-0.15, -0.1) is 0 Å². The summed E-state index contributed by atoms with van der Waals surface area (Å²) in [6, 6.07) is 5.19. The molecule has 1 aliphatic carbocycles. The number of carbonyl (C=O) groups is 5. The number of Topliss-reactive ketones (excluding diaryl/α,β-unsaturated/α-hetero) is 1. The monoisotopic (exact) mass is 500 g/mol. The third-order valence-corrected chi connectivity index (χ3v) is 6.73. The largest absolute Gasteiger partial charge is 0.447 e. The van der Waals surface area contributed by atoms with Crippen molar-refractivity contribution >= 4 is 29.6 Å². The molecule has 1 heterocycles. The van der Waals surface area contributed by atoms with Crippen molar-refractivity contribution in [2.75, 3.05) is 6.54 Å². The molecule has 1 fully saturated rings. The smallest absolute Gasteiger partial charge is 0.408 e. The van der Waals surface area contributed by atoms with Crippen LogP contribution in [0.5, 0.6) is 0 Å². The zero-order chi connectivity index (χ0) is 26.4. The SMILES string of the molecule is CCCC(NC(=O)C1CCCN1C(=O)C(NC(=O)OC(C)C)C1Cc2ccccc2C1)C(=O)C(N)=O. The van der Waals surface area contributed by atoms with E-state index in [0.717, 1.165) is 11.1 Å². The average molecular weight is 501 g/mol. The third kappa shape index (κ3) is 6.41. The summed E-state index contributed by atoms with van der Waals surface area (Å²) in [5.41, 5.74) is 7.40. The lowest BCUT2D eigenvalue weighted by molar-refractivity contribution is -0.142. The number of amides is 4. The molecule has 4 N–H and O–H groups in total. The van der Waals surface area contributed by atoms with E-state index in [4.69, 9.17) is 10.5 Å². The van der Waals surface area contributed by atoms with Crippen LogP contribution in [0.2, 0.25) is 0 Å². The molecule has 0 bridgehead atoms. The number of nitrogens with one attached hydrogen (secondary N) is 2. The van der Waals surface area contributed by atoms with Gasteiger partial charge in [0.1, 0.15) is 12.1 Å². The van der Waals surface area contributed by atoms with Crippen LogP contribution in [0.4, 0.5) is 4.79 Å². The van der Waals surface area contributed by atoms with Crippen molar-refractivity contribution < 1.29 is 28.7 Å². The van der Waals surface area contributed by atoms with Crippen molar-refractivity contribution in [2.45, 2.75) is 83.5 Å². The van der Waals surface area contributed by atoms with Gasteiger partial charge in [0.25, 0.3) is 5.91 Å². The molecule has 1 aromatic carbocycles. The summed E-state index contributed by atoms with van der Waals surface area (Å²) < 4.78 is 5.25. The van der Waals surface area contributed by atoms with Crippen LogP contribution >= 0.6 is 0 Å². The number of primary amides is 1. The molecule has 0 radical (unpaired) electrons. The highest BCUT2D eigenvalue weighted by molar-refractivity contribution is 6.37. The second kappa shape index (κ2) is 12.0. The summed E-state index contributed by atoms with van der Waals surface area (Å²) >= 11 is 0. The Morgan fingerprint density at radius 3 is 2.28 bits per heavy atom. The molecule has 0 aromatic heterocycles. The van der Waals surface area contributed by atoms with Crippen molar-refractivity contribution in [3.8, 4) is 0 Å². The third-order valence-electron chi connectivity index (χ3n) is 6.73. The summed E-state index contributed by atoms with van der Waals surface area (Å²) in [5.74, 6) is -3.03. The molecule has 1 aromatic rings. The summed E-state index contributed by atoms with van der Waals surface area (Å²) in [7, 11) is 0. The Hall–Kier alpha value is -3.43. The maximum atomic E-state index is 13.8. The highest BCUT2D eigenvalue weighted by Crippen LogP contribution is 2.31. The number of rotatable bonds is 10. The van der Waals surface area contributed by atoms with Crippen molar-refractivity contribution in [3.05, 3.63) is 35.4 Å². The van der Waals surface area contributed by atoms with Gasteiger partial charge in [0.2, 0.25) is 17.6 Å². The summed E-state index contributed by atoms with van der Waals surface area (Å²) in [4.78, 5) is 64.5. The number of nitrogens with zero attached hydrogens (tertiary/aromatic N) is 1. The minimum absolute atomic E-state index is 0.191.